The summed E-state index contributed by atoms with van der Waals surface area (Å²) in [7, 11) is 1.51. The van der Waals surface area contributed by atoms with Crippen molar-refractivity contribution in [2.24, 2.45) is 0 Å². The van der Waals surface area contributed by atoms with Gasteiger partial charge < -0.3 is 20.1 Å². The maximum Gasteiger partial charge on any atom is 0.162 e. The number of nitriles is 1. The zero-order valence-electron chi connectivity index (χ0n) is 18.4. The molecule has 0 radical (unpaired) electrons. The van der Waals surface area contributed by atoms with Crippen LogP contribution in [0.4, 0.5) is 11.5 Å². The van der Waals surface area contributed by atoms with Crippen molar-refractivity contribution < 1.29 is 9.47 Å². The molecule has 4 rings (SSSR count). The summed E-state index contributed by atoms with van der Waals surface area (Å²) >= 11 is 12.4. The molecule has 34 heavy (non-hydrogen) atoms. The van der Waals surface area contributed by atoms with E-state index >= 15 is 0 Å². The Balaban J connectivity index is 1.56. The van der Waals surface area contributed by atoms with Gasteiger partial charge in [0.05, 0.1) is 35.4 Å². The number of hydrogen-bond acceptors (Lipinski definition) is 8. The number of methoxy groups -OCH3 is 1. The molecule has 0 bridgehead atoms. The number of nitrogens with one attached hydrogen (secondary N) is 1. The fourth-order valence-electron chi connectivity index (χ4n) is 3.71. The van der Waals surface area contributed by atoms with Gasteiger partial charge in [-0.15, -0.1) is 0 Å². The third kappa shape index (κ3) is 4.72. The molecular weight excluding hydrogens is 475 g/mol. The first-order valence-electron chi connectivity index (χ1n) is 10.5. The number of benzene rings is 1. The standard InChI is InChI=1S/C24H22Cl2N6O2/c1-33-21-9-20(28)16(8-22(21)34-13-17-18(25)11-30-12-19(17)26)24(29)14-2-3-23(31-10-14)32-7-5-15(32)4-6-27/h2-3,8-12,15,29H,4-5,7,13,28H2,1H3. The topological polar surface area (TPSA) is 121 Å². The monoisotopic (exact) mass is 496 g/mol. The van der Waals surface area contributed by atoms with Crippen LogP contribution in [0.1, 0.15) is 29.5 Å². The highest BCUT2D eigenvalue weighted by Crippen LogP contribution is 2.35. The third-order valence-electron chi connectivity index (χ3n) is 5.73. The van der Waals surface area contributed by atoms with Gasteiger partial charge in [0.1, 0.15) is 12.4 Å². The van der Waals surface area contributed by atoms with E-state index in [4.69, 9.17) is 49.1 Å². The highest BCUT2D eigenvalue weighted by Gasteiger charge is 2.28. The molecule has 0 spiro atoms. The first-order valence-corrected chi connectivity index (χ1v) is 11.3. The van der Waals surface area contributed by atoms with Crippen molar-refractivity contribution in [1.29, 1.82) is 10.7 Å². The Morgan fingerprint density at radius 3 is 2.59 bits per heavy atom. The Labute approximate surface area is 207 Å². The maximum absolute atomic E-state index is 8.95. The zero-order chi connectivity index (χ0) is 24.2. The second-order valence-electron chi connectivity index (χ2n) is 7.74. The van der Waals surface area contributed by atoms with Gasteiger partial charge in [0, 0.05) is 59.6 Å². The smallest absolute Gasteiger partial charge is 0.162 e. The van der Waals surface area contributed by atoms with E-state index in [0.717, 1.165) is 18.8 Å². The first-order chi connectivity index (χ1) is 16.4. The Morgan fingerprint density at radius 2 is 2.00 bits per heavy atom. The van der Waals surface area contributed by atoms with Crippen molar-refractivity contribution in [3.8, 4) is 17.6 Å². The molecule has 2 aromatic heterocycles. The Kier molecular flexibility index (Phi) is 7.06. The lowest BCUT2D eigenvalue weighted by molar-refractivity contribution is 0.284. The van der Waals surface area contributed by atoms with Gasteiger partial charge >= 0.3 is 0 Å². The first kappa shape index (κ1) is 23.6. The molecule has 0 saturated carbocycles. The molecule has 8 nitrogen and oxygen atoms in total. The number of aromatic nitrogens is 2. The third-order valence-corrected chi connectivity index (χ3v) is 6.38. The van der Waals surface area contributed by atoms with E-state index in [0.29, 0.717) is 50.3 Å². The number of nitrogens with two attached hydrogens (primary N) is 1. The van der Waals surface area contributed by atoms with Crippen LogP contribution < -0.4 is 20.1 Å². The number of pyridine rings is 2. The van der Waals surface area contributed by atoms with E-state index in [1.54, 1.807) is 18.3 Å². The molecule has 3 heterocycles. The molecule has 0 aliphatic carbocycles. The molecule has 1 aromatic carbocycles. The lowest BCUT2D eigenvalue weighted by Gasteiger charge is -2.40. The minimum atomic E-state index is 0.0865. The Hall–Kier alpha value is -3.54. The number of rotatable bonds is 8. The predicted molar refractivity (Wildman–Crippen MR) is 132 cm³/mol. The van der Waals surface area contributed by atoms with Crippen LogP contribution in [0.25, 0.3) is 0 Å². The number of nitrogen functional groups attached to an aromatic ring is 1. The Morgan fingerprint density at radius 1 is 1.24 bits per heavy atom. The van der Waals surface area contributed by atoms with Gasteiger partial charge in [0.2, 0.25) is 0 Å². The van der Waals surface area contributed by atoms with E-state index in [-0.39, 0.29) is 18.4 Å². The second kappa shape index (κ2) is 10.2. The van der Waals surface area contributed by atoms with Crippen LogP contribution in [0.3, 0.4) is 0 Å². The summed E-state index contributed by atoms with van der Waals surface area (Å²) in [5.74, 6) is 1.61. The summed E-state index contributed by atoms with van der Waals surface area (Å²) in [6.45, 7) is 0.955. The summed E-state index contributed by atoms with van der Waals surface area (Å²) in [6.07, 6.45) is 6.08. The van der Waals surface area contributed by atoms with Crippen LogP contribution in [0.5, 0.6) is 11.5 Å². The van der Waals surface area contributed by atoms with E-state index in [9.17, 15) is 0 Å². The highest BCUT2D eigenvalue weighted by atomic mass is 35.5. The summed E-state index contributed by atoms with van der Waals surface area (Å²) in [4.78, 5) is 10.5. The van der Waals surface area contributed by atoms with Crippen molar-refractivity contribution in [1.82, 2.24) is 9.97 Å². The van der Waals surface area contributed by atoms with Crippen molar-refractivity contribution >= 4 is 40.4 Å². The average Bonchev–Trinajstić information content (AvgIpc) is 2.82. The van der Waals surface area contributed by atoms with Crippen molar-refractivity contribution in [2.75, 3.05) is 24.3 Å². The molecule has 3 N–H and O–H groups in total. The molecular formula is C24H22Cl2N6O2. The molecule has 1 saturated heterocycles. The van der Waals surface area contributed by atoms with Gasteiger partial charge in [0.25, 0.3) is 0 Å². The highest BCUT2D eigenvalue weighted by molar-refractivity contribution is 6.35. The summed E-state index contributed by atoms with van der Waals surface area (Å²) in [5.41, 5.74) is 8.47. The van der Waals surface area contributed by atoms with Gasteiger partial charge in [-0.1, -0.05) is 23.2 Å². The zero-order valence-corrected chi connectivity index (χ0v) is 19.9. The molecule has 174 valence electrons. The molecule has 0 amide bonds. The van der Waals surface area contributed by atoms with Crippen LogP contribution >= 0.6 is 23.2 Å². The van der Waals surface area contributed by atoms with Gasteiger partial charge in [-0.2, -0.15) is 5.26 Å². The molecule has 1 atom stereocenters. The summed E-state index contributed by atoms with van der Waals surface area (Å²) in [6, 6.07) is 9.37. The van der Waals surface area contributed by atoms with Gasteiger partial charge in [-0.3, -0.25) is 10.4 Å². The predicted octanol–water partition coefficient (Wildman–Crippen LogP) is 4.86. The fourth-order valence-corrected chi connectivity index (χ4v) is 4.18. The van der Waals surface area contributed by atoms with Crippen molar-refractivity contribution in [3.63, 3.8) is 0 Å². The summed E-state index contributed by atoms with van der Waals surface area (Å²) in [5, 5.41) is 18.5. The van der Waals surface area contributed by atoms with Crippen molar-refractivity contribution in [2.45, 2.75) is 25.5 Å². The van der Waals surface area contributed by atoms with Gasteiger partial charge in [-0.25, -0.2) is 4.98 Å². The minimum absolute atomic E-state index is 0.0865. The average molecular weight is 497 g/mol. The number of nitrogens with zero attached hydrogens (tertiary/aromatic N) is 4. The van der Waals surface area contributed by atoms with Crippen LogP contribution in [0, 0.1) is 16.7 Å². The van der Waals surface area contributed by atoms with E-state index in [1.807, 2.05) is 12.1 Å². The normalized spacial score (nSPS) is 14.8. The van der Waals surface area contributed by atoms with Crippen LogP contribution in [0.2, 0.25) is 10.0 Å². The lowest BCUT2D eigenvalue weighted by atomic mass is 9.99. The van der Waals surface area contributed by atoms with Crippen LogP contribution in [-0.2, 0) is 6.61 Å². The molecule has 1 fully saturated rings. The fraction of sp³-hybridized carbons (Fsp3) is 0.250. The number of halogens is 2. The number of anilines is 2. The van der Waals surface area contributed by atoms with Gasteiger partial charge in [-0.05, 0) is 24.6 Å². The van der Waals surface area contributed by atoms with Crippen LogP contribution in [-0.4, -0.2) is 35.4 Å². The molecule has 1 aliphatic rings. The molecule has 1 aliphatic heterocycles. The molecule has 10 heteroatoms. The largest absolute Gasteiger partial charge is 0.493 e. The number of ether oxygens (including phenoxy) is 2. The van der Waals surface area contributed by atoms with Crippen molar-refractivity contribution in [3.05, 3.63) is 69.6 Å². The number of hydrogen-bond donors (Lipinski definition) is 2. The van der Waals surface area contributed by atoms with E-state index < -0.39 is 0 Å². The maximum atomic E-state index is 8.95. The second-order valence-corrected chi connectivity index (χ2v) is 8.55. The van der Waals surface area contributed by atoms with Crippen LogP contribution in [0.15, 0.2) is 42.9 Å². The minimum Gasteiger partial charge on any atom is -0.493 e. The van der Waals surface area contributed by atoms with E-state index in [2.05, 4.69) is 20.9 Å². The quantitative estimate of drug-likeness (QED) is 0.337. The summed E-state index contributed by atoms with van der Waals surface area (Å²) < 4.78 is 11.4. The van der Waals surface area contributed by atoms with Gasteiger partial charge in [0.15, 0.2) is 11.5 Å². The molecule has 3 aromatic rings. The molecule has 1 unspecified atom stereocenters. The lowest BCUT2D eigenvalue weighted by Crippen LogP contribution is -2.48. The Bertz CT molecular complexity index is 1240. The SMILES string of the molecule is COc1cc(N)c(C(=N)c2ccc(N3CCC3CC#N)nc2)cc1OCc1c(Cl)cncc1Cl. The van der Waals surface area contributed by atoms with E-state index in [1.165, 1.54) is 19.5 Å².